The Hall–Kier alpha value is -16.7. The van der Waals surface area contributed by atoms with Crippen LogP contribution in [0.2, 0.25) is 0 Å². The fourth-order valence-electron chi connectivity index (χ4n) is 21.7. The molecule has 0 radical (unpaired) electrons. The molecule has 4 heteroatoms. The third-order valence-electron chi connectivity index (χ3n) is 28.0. The van der Waals surface area contributed by atoms with E-state index in [4.69, 9.17) is 0 Å². The first kappa shape index (κ1) is 78.8. The molecule has 0 unspecified atom stereocenters. The van der Waals surface area contributed by atoms with Crippen LogP contribution in [0.5, 0.6) is 0 Å². The number of anilines is 12. The van der Waals surface area contributed by atoms with Gasteiger partial charge in [-0.25, -0.2) is 0 Å². The molecule has 4 aliphatic rings. The molecule has 25 rings (SSSR count). The second-order valence-electron chi connectivity index (χ2n) is 36.2. The number of rotatable bonds is 13. The maximum atomic E-state index is 2.53. The van der Waals surface area contributed by atoms with E-state index in [2.05, 4.69) is 533 Å². The molecule has 0 aromatic heterocycles. The highest BCUT2D eigenvalue weighted by Crippen LogP contribution is 2.59. The summed E-state index contributed by atoms with van der Waals surface area (Å²) >= 11 is 0. The van der Waals surface area contributed by atoms with Gasteiger partial charge in [-0.2, -0.15) is 0 Å². The number of nitrogens with zero attached hydrogens (tertiary/aromatic N) is 4. The summed E-state index contributed by atoms with van der Waals surface area (Å²) in [4.78, 5) is 9.93. The summed E-state index contributed by atoms with van der Waals surface area (Å²) in [5.74, 6) is 0. The highest BCUT2D eigenvalue weighted by atomic mass is 15.2. The van der Waals surface area contributed by atoms with Crippen LogP contribution in [0.4, 0.5) is 68.2 Å². The molecule has 2 aliphatic carbocycles. The molecule has 21 aromatic rings. The lowest BCUT2D eigenvalue weighted by Gasteiger charge is -2.34. The topological polar surface area (TPSA) is 13.0 Å². The van der Waals surface area contributed by atoms with E-state index in [1.807, 2.05) is 0 Å². The standard InChI is InChI=1S/C67H48N2.C61H44N2/c1-67(2)61-33-15-12-28-54(61)55-37-36-52(44-62(55)67)68(53-42-49(46-22-8-4-9-23-46)40-50(43-53)47-24-10-5-11-25-47)65-39-38-59-57-30-14-17-35-64(57)69(51-27-18-26-48(41-51)45-20-6-3-7-21-45)63-34-16-13-29-56(63)58-31-19-32-60(65)66(58)59;1-61(2)55-28-12-9-23-48(55)49-36-35-47(40-56(49)61)62(45-33-31-43(32-34-45)41-17-5-3-6-18-41)59-38-37-53-51-25-11-14-30-58(51)63(46-22-15-21-44(39-46)42-19-7-4-8-20-42)57-29-13-10-24-50(57)52-26-16-27-54(59)60(52)53/h3-44H,1-2H3;3-40H,1-2H3. The van der Waals surface area contributed by atoms with Gasteiger partial charge in [-0.05, 0) is 248 Å². The predicted octanol–water partition coefficient (Wildman–Crippen LogP) is 35.8. The molecule has 624 valence electrons. The summed E-state index contributed by atoms with van der Waals surface area (Å²) in [7, 11) is 0. The van der Waals surface area contributed by atoms with Crippen molar-refractivity contribution in [3.63, 3.8) is 0 Å². The highest BCUT2D eigenvalue weighted by molar-refractivity contribution is 6.19. The van der Waals surface area contributed by atoms with Crippen molar-refractivity contribution in [1.29, 1.82) is 0 Å². The van der Waals surface area contributed by atoms with Crippen molar-refractivity contribution in [2.45, 2.75) is 38.5 Å². The Bertz CT molecular complexity index is 7910. The molecule has 2 heterocycles. The Balaban J connectivity index is 0.000000146. The van der Waals surface area contributed by atoms with Gasteiger partial charge in [0.05, 0.1) is 34.1 Å². The lowest BCUT2D eigenvalue weighted by molar-refractivity contribution is 0.660. The Labute approximate surface area is 772 Å². The number of para-hydroxylation sites is 4. The van der Waals surface area contributed by atoms with Gasteiger partial charge >= 0.3 is 0 Å². The molecular weight excluding hydrogens is 1590 g/mol. The Morgan fingerprint density at radius 1 is 0.167 bits per heavy atom. The second kappa shape index (κ2) is 32.3. The molecule has 2 aliphatic heterocycles. The molecule has 0 saturated heterocycles. The van der Waals surface area contributed by atoms with Gasteiger partial charge in [-0.3, -0.25) is 0 Å². The van der Waals surface area contributed by atoms with Crippen LogP contribution in [0.15, 0.2) is 485 Å². The van der Waals surface area contributed by atoms with Crippen LogP contribution in [0.3, 0.4) is 0 Å². The number of hydrogen-bond donors (Lipinski definition) is 0. The van der Waals surface area contributed by atoms with Gasteiger partial charge in [0.15, 0.2) is 0 Å². The molecule has 0 N–H and O–H groups in total. The van der Waals surface area contributed by atoms with Gasteiger partial charge in [0.25, 0.3) is 0 Å². The molecule has 0 amide bonds. The Morgan fingerprint density at radius 2 is 0.439 bits per heavy atom. The zero-order valence-electron chi connectivity index (χ0n) is 74.0. The van der Waals surface area contributed by atoms with Gasteiger partial charge < -0.3 is 19.6 Å². The molecule has 132 heavy (non-hydrogen) atoms. The summed E-state index contributed by atoms with van der Waals surface area (Å²) < 4.78 is 0. The van der Waals surface area contributed by atoms with Gasteiger partial charge in [0.2, 0.25) is 0 Å². The molecule has 0 saturated carbocycles. The lowest BCUT2D eigenvalue weighted by atomic mass is 9.82. The zero-order valence-corrected chi connectivity index (χ0v) is 74.0. The van der Waals surface area contributed by atoms with Crippen LogP contribution in [0.1, 0.15) is 49.9 Å². The first-order chi connectivity index (χ1) is 65.0. The van der Waals surface area contributed by atoms with Crippen molar-refractivity contribution >= 4 is 89.8 Å². The maximum Gasteiger partial charge on any atom is 0.0540 e. The molecule has 0 atom stereocenters. The van der Waals surface area contributed by atoms with Crippen LogP contribution < -0.4 is 19.6 Å². The lowest BCUT2D eigenvalue weighted by Crippen LogP contribution is -2.17. The minimum absolute atomic E-state index is 0.138. The SMILES string of the molecule is CC1(C)c2ccccc2-c2ccc(N(c3cc(-c4ccccc4)cc(-c4ccccc4)c3)c3ccc4c5c(cccc35)-c3ccccc3N(c3cccc(-c5ccccc5)c3)c3ccccc3-4)cc21.CC1(C)c2ccccc2-c2ccc(N(c3ccc(-c4ccccc4)cc3)c3ccc4c5c(cccc35)-c3ccccc3N(c3cccc(-c5ccccc5)c3)c3ccccc3-4)cc21. The minimum Gasteiger partial charge on any atom is -0.310 e. The average molecular weight is 1690 g/mol. The molecule has 21 aromatic carbocycles. The van der Waals surface area contributed by atoms with Crippen molar-refractivity contribution in [2.75, 3.05) is 19.6 Å². The molecule has 0 spiro atoms. The summed E-state index contributed by atoms with van der Waals surface area (Å²) in [5, 5.41) is 4.86. The number of fused-ring (bicyclic) bond motifs is 14. The van der Waals surface area contributed by atoms with Crippen molar-refractivity contribution < 1.29 is 0 Å². The van der Waals surface area contributed by atoms with Crippen LogP contribution in [-0.4, -0.2) is 0 Å². The summed E-state index contributed by atoms with van der Waals surface area (Å²) in [6.07, 6.45) is 0. The Morgan fingerprint density at radius 3 is 0.826 bits per heavy atom. The van der Waals surface area contributed by atoms with E-state index in [1.165, 1.54) is 166 Å². The number of benzene rings is 21. The van der Waals surface area contributed by atoms with Crippen molar-refractivity contribution in [3.05, 3.63) is 508 Å². The first-order valence-corrected chi connectivity index (χ1v) is 45.9. The van der Waals surface area contributed by atoms with Crippen LogP contribution >= 0.6 is 0 Å². The van der Waals surface area contributed by atoms with Gasteiger partial charge in [0.1, 0.15) is 0 Å². The fraction of sp³-hybridized carbons (Fsp3) is 0.0469. The van der Waals surface area contributed by atoms with Crippen molar-refractivity contribution in [2.24, 2.45) is 0 Å². The normalized spacial score (nSPS) is 12.9. The van der Waals surface area contributed by atoms with E-state index in [9.17, 15) is 0 Å². The smallest absolute Gasteiger partial charge is 0.0540 e. The van der Waals surface area contributed by atoms with Gasteiger partial charge in [-0.1, -0.05) is 398 Å². The van der Waals surface area contributed by atoms with E-state index in [1.54, 1.807) is 0 Å². The van der Waals surface area contributed by atoms with Crippen molar-refractivity contribution in [3.8, 4) is 122 Å². The van der Waals surface area contributed by atoms with E-state index >= 15 is 0 Å². The maximum absolute atomic E-state index is 2.53. The predicted molar refractivity (Wildman–Crippen MR) is 558 cm³/mol. The number of hydrogen-bond acceptors (Lipinski definition) is 4. The quantitative estimate of drug-likeness (QED) is 0.114. The molecule has 0 fully saturated rings. The van der Waals surface area contributed by atoms with E-state index in [-0.39, 0.29) is 10.8 Å². The van der Waals surface area contributed by atoms with Crippen LogP contribution in [0, 0.1) is 0 Å². The third-order valence-corrected chi connectivity index (χ3v) is 28.0. The van der Waals surface area contributed by atoms with E-state index in [0.717, 1.165) is 68.2 Å². The van der Waals surface area contributed by atoms with Gasteiger partial charge in [0, 0.05) is 78.0 Å². The average Bonchev–Trinajstić information content (AvgIpc) is 1.26. The van der Waals surface area contributed by atoms with Crippen LogP contribution in [0.25, 0.3) is 144 Å². The zero-order chi connectivity index (χ0) is 88.1. The fourth-order valence-corrected chi connectivity index (χ4v) is 21.7. The first-order valence-electron chi connectivity index (χ1n) is 45.9. The molecular formula is C128H92N4. The second-order valence-corrected chi connectivity index (χ2v) is 36.2. The van der Waals surface area contributed by atoms with Crippen LogP contribution in [-0.2, 0) is 10.8 Å². The van der Waals surface area contributed by atoms with E-state index < -0.39 is 0 Å². The Kier molecular flexibility index (Phi) is 19.3. The summed E-state index contributed by atoms with van der Waals surface area (Å²) in [5.41, 5.74) is 45.4. The minimum atomic E-state index is -0.176. The van der Waals surface area contributed by atoms with Crippen molar-refractivity contribution in [1.82, 2.24) is 0 Å². The monoisotopic (exact) mass is 1680 g/mol. The molecule has 4 nitrogen and oxygen atoms in total. The summed E-state index contributed by atoms with van der Waals surface area (Å²) in [6, 6.07) is 179. The third kappa shape index (κ3) is 13.3. The van der Waals surface area contributed by atoms with E-state index in [0.29, 0.717) is 0 Å². The largest absolute Gasteiger partial charge is 0.310 e. The molecule has 0 bridgehead atoms. The summed E-state index contributed by atoms with van der Waals surface area (Å²) in [6.45, 7) is 9.48. The highest BCUT2D eigenvalue weighted by Gasteiger charge is 2.39. The van der Waals surface area contributed by atoms with Gasteiger partial charge in [-0.15, -0.1) is 0 Å².